The molecule has 5 heteroatoms. The Bertz CT molecular complexity index is 525. The quantitative estimate of drug-likeness (QED) is 0.859. The average Bonchev–Trinajstić information content (AvgIpc) is 2.81. The lowest BCUT2D eigenvalue weighted by molar-refractivity contribution is 0.606. The van der Waals surface area contributed by atoms with Crippen molar-refractivity contribution in [3.63, 3.8) is 0 Å². The summed E-state index contributed by atoms with van der Waals surface area (Å²) in [7, 11) is 0. The van der Waals surface area contributed by atoms with Crippen molar-refractivity contribution in [3.8, 4) is 5.69 Å². The highest BCUT2D eigenvalue weighted by molar-refractivity contribution is 9.10. The van der Waals surface area contributed by atoms with Crippen LogP contribution in [0.2, 0.25) is 0 Å². The lowest BCUT2D eigenvalue weighted by Crippen LogP contribution is -2.14. The van der Waals surface area contributed by atoms with Crippen molar-refractivity contribution < 1.29 is 4.39 Å². The molecule has 0 fully saturated rings. The van der Waals surface area contributed by atoms with Gasteiger partial charge in [0.15, 0.2) is 0 Å². The van der Waals surface area contributed by atoms with Gasteiger partial charge in [-0.15, -0.1) is 0 Å². The van der Waals surface area contributed by atoms with Crippen LogP contribution in [-0.2, 0) is 6.54 Å². The van der Waals surface area contributed by atoms with Crippen LogP contribution in [0, 0.1) is 5.82 Å². The van der Waals surface area contributed by atoms with E-state index in [0.29, 0.717) is 12.2 Å². The summed E-state index contributed by atoms with van der Waals surface area (Å²) in [6, 6.07) is 6.71. The van der Waals surface area contributed by atoms with Crippen molar-refractivity contribution in [2.75, 3.05) is 6.54 Å². The number of nitrogens with one attached hydrogen (secondary N) is 1. The van der Waals surface area contributed by atoms with Gasteiger partial charge in [0, 0.05) is 17.2 Å². The second-order valence-electron chi connectivity index (χ2n) is 4.02. The maximum absolute atomic E-state index is 13.7. The summed E-state index contributed by atoms with van der Waals surface area (Å²) in [6.45, 7) is 3.77. The predicted molar refractivity (Wildman–Crippen MR) is 73.2 cm³/mol. The molecule has 0 saturated carbocycles. The maximum Gasteiger partial charge on any atom is 0.148 e. The second-order valence-corrected chi connectivity index (χ2v) is 4.94. The van der Waals surface area contributed by atoms with Crippen LogP contribution in [0.3, 0.4) is 0 Å². The molecule has 2 aromatic rings. The smallest absolute Gasteiger partial charge is 0.148 e. The van der Waals surface area contributed by atoms with E-state index in [-0.39, 0.29) is 5.82 Å². The molecule has 0 radical (unpaired) electrons. The third-order valence-electron chi connectivity index (χ3n) is 2.53. The van der Waals surface area contributed by atoms with E-state index in [1.807, 2.05) is 6.07 Å². The van der Waals surface area contributed by atoms with Gasteiger partial charge in [-0.05, 0) is 37.2 Å². The molecule has 0 amide bonds. The molecular weight excluding hydrogens is 297 g/mol. The molecule has 96 valence electrons. The molecule has 0 unspecified atom stereocenters. The average molecular weight is 312 g/mol. The third-order valence-corrected chi connectivity index (χ3v) is 3.03. The number of hydrogen-bond acceptors (Lipinski definition) is 2. The number of aromatic nitrogens is 2. The number of halogens is 2. The molecule has 0 aliphatic heterocycles. The fourth-order valence-corrected chi connectivity index (χ4v) is 1.99. The Labute approximate surface area is 114 Å². The van der Waals surface area contributed by atoms with E-state index in [1.54, 1.807) is 23.0 Å². The van der Waals surface area contributed by atoms with Gasteiger partial charge in [-0.3, -0.25) is 0 Å². The van der Waals surface area contributed by atoms with Crippen LogP contribution in [0.5, 0.6) is 0 Å². The molecule has 0 aliphatic rings. The van der Waals surface area contributed by atoms with E-state index < -0.39 is 0 Å². The Morgan fingerprint density at radius 3 is 3.00 bits per heavy atom. The van der Waals surface area contributed by atoms with E-state index in [2.05, 4.69) is 33.3 Å². The molecular formula is C13H15BrFN3. The number of hydrogen-bond donors (Lipinski definition) is 1. The van der Waals surface area contributed by atoms with E-state index in [1.165, 1.54) is 6.07 Å². The predicted octanol–water partition coefficient (Wildman–Crippen LogP) is 3.27. The molecule has 0 aliphatic carbocycles. The third kappa shape index (κ3) is 3.17. The molecule has 2 rings (SSSR count). The van der Waals surface area contributed by atoms with Crippen molar-refractivity contribution in [2.24, 2.45) is 0 Å². The summed E-state index contributed by atoms with van der Waals surface area (Å²) in [4.78, 5) is 0. The zero-order valence-corrected chi connectivity index (χ0v) is 11.7. The molecule has 0 saturated heterocycles. The summed E-state index contributed by atoms with van der Waals surface area (Å²) >= 11 is 3.33. The number of rotatable bonds is 5. The highest BCUT2D eigenvalue weighted by Crippen LogP contribution is 2.18. The molecule has 0 atom stereocenters. The lowest BCUT2D eigenvalue weighted by atomic mass is 10.3. The Balaban J connectivity index is 2.16. The van der Waals surface area contributed by atoms with Crippen molar-refractivity contribution in [3.05, 3.63) is 46.4 Å². The Kier molecular flexibility index (Phi) is 4.49. The Morgan fingerprint density at radius 2 is 2.22 bits per heavy atom. The summed E-state index contributed by atoms with van der Waals surface area (Å²) < 4.78 is 16.1. The standard InChI is InChI=1S/C13H15BrFN3/c1-2-6-16-9-11-5-7-18(17-11)13-8-10(14)3-4-12(13)15/h3-5,7-8,16H,2,6,9H2,1H3. The van der Waals surface area contributed by atoms with Crippen LogP contribution in [0.1, 0.15) is 19.0 Å². The first-order valence-electron chi connectivity index (χ1n) is 5.91. The van der Waals surface area contributed by atoms with Gasteiger partial charge in [0.1, 0.15) is 11.5 Å². The van der Waals surface area contributed by atoms with Gasteiger partial charge in [0.25, 0.3) is 0 Å². The van der Waals surface area contributed by atoms with Crippen molar-refractivity contribution in [1.82, 2.24) is 15.1 Å². The maximum atomic E-state index is 13.7. The van der Waals surface area contributed by atoms with E-state index >= 15 is 0 Å². The van der Waals surface area contributed by atoms with Crippen LogP contribution in [0.15, 0.2) is 34.9 Å². The molecule has 18 heavy (non-hydrogen) atoms. The summed E-state index contributed by atoms with van der Waals surface area (Å²) in [6.07, 6.45) is 2.86. The molecule has 0 spiro atoms. The van der Waals surface area contributed by atoms with Crippen LogP contribution < -0.4 is 5.32 Å². The van der Waals surface area contributed by atoms with E-state index in [4.69, 9.17) is 0 Å². The number of nitrogens with zero attached hydrogens (tertiary/aromatic N) is 2. The monoisotopic (exact) mass is 311 g/mol. The highest BCUT2D eigenvalue weighted by Gasteiger charge is 2.07. The topological polar surface area (TPSA) is 29.9 Å². The van der Waals surface area contributed by atoms with Crippen molar-refractivity contribution in [2.45, 2.75) is 19.9 Å². The fourth-order valence-electron chi connectivity index (χ4n) is 1.64. The first-order valence-corrected chi connectivity index (χ1v) is 6.70. The van der Waals surface area contributed by atoms with Crippen LogP contribution in [-0.4, -0.2) is 16.3 Å². The van der Waals surface area contributed by atoms with Gasteiger partial charge in [-0.1, -0.05) is 22.9 Å². The summed E-state index contributed by atoms with van der Waals surface area (Å²) in [5, 5.41) is 7.61. The molecule has 1 aromatic carbocycles. The number of benzene rings is 1. The minimum Gasteiger partial charge on any atom is -0.311 e. The van der Waals surface area contributed by atoms with Gasteiger partial charge in [0.2, 0.25) is 0 Å². The van der Waals surface area contributed by atoms with E-state index in [0.717, 1.165) is 23.1 Å². The van der Waals surface area contributed by atoms with Gasteiger partial charge < -0.3 is 5.32 Å². The summed E-state index contributed by atoms with van der Waals surface area (Å²) in [5.74, 6) is -0.283. The SMILES string of the molecule is CCCNCc1ccn(-c2cc(Br)ccc2F)n1. The second kappa shape index (κ2) is 6.11. The zero-order chi connectivity index (χ0) is 13.0. The van der Waals surface area contributed by atoms with Gasteiger partial charge in [-0.25, -0.2) is 9.07 Å². The Hall–Kier alpha value is -1.20. The molecule has 1 heterocycles. The minimum absolute atomic E-state index is 0.283. The van der Waals surface area contributed by atoms with E-state index in [9.17, 15) is 4.39 Å². The minimum atomic E-state index is -0.283. The highest BCUT2D eigenvalue weighted by atomic mass is 79.9. The first-order chi connectivity index (χ1) is 8.70. The van der Waals surface area contributed by atoms with Gasteiger partial charge in [-0.2, -0.15) is 5.10 Å². The van der Waals surface area contributed by atoms with Crippen LogP contribution in [0.4, 0.5) is 4.39 Å². The molecule has 1 N–H and O–H groups in total. The van der Waals surface area contributed by atoms with Gasteiger partial charge in [0.05, 0.1) is 5.69 Å². The Morgan fingerprint density at radius 1 is 1.39 bits per heavy atom. The lowest BCUT2D eigenvalue weighted by Gasteiger charge is -2.04. The molecule has 3 nitrogen and oxygen atoms in total. The fraction of sp³-hybridized carbons (Fsp3) is 0.308. The largest absolute Gasteiger partial charge is 0.311 e. The first kappa shape index (κ1) is 13.2. The van der Waals surface area contributed by atoms with Gasteiger partial charge >= 0.3 is 0 Å². The van der Waals surface area contributed by atoms with Crippen LogP contribution in [0.25, 0.3) is 5.69 Å². The zero-order valence-electron chi connectivity index (χ0n) is 10.2. The molecule has 0 bridgehead atoms. The van der Waals surface area contributed by atoms with Crippen molar-refractivity contribution in [1.29, 1.82) is 0 Å². The molecule has 1 aromatic heterocycles. The normalized spacial score (nSPS) is 10.8. The summed E-state index contributed by atoms with van der Waals surface area (Å²) in [5.41, 5.74) is 1.36. The van der Waals surface area contributed by atoms with Crippen LogP contribution >= 0.6 is 15.9 Å². The van der Waals surface area contributed by atoms with Crippen molar-refractivity contribution >= 4 is 15.9 Å².